The molecule has 0 saturated carbocycles. The van der Waals surface area contributed by atoms with Crippen LogP contribution in [0.25, 0.3) is 0 Å². The Kier molecular flexibility index (Phi) is 3.88. The second kappa shape index (κ2) is 5.18. The van der Waals surface area contributed by atoms with Crippen LogP contribution < -0.4 is 4.74 Å². The van der Waals surface area contributed by atoms with Gasteiger partial charge in [-0.1, -0.05) is 17.7 Å². The molecule has 0 aliphatic carbocycles. The predicted octanol–water partition coefficient (Wildman–Crippen LogP) is 4.59. The standard InChI is InChI=1S/C11H8ClIOS/c12-11-4-8(7-15-11)6-14-10-3-1-2-9(13)5-10/h1-5,7H,6H2. The third-order valence-corrected chi connectivity index (χ3v) is 3.63. The molecule has 0 aliphatic heterocycles. The summed E-state index contributed by atoms with van der Waals surface area (Å²) in [6.45, 7) is 0.573. The van der Waals surface area contributed by atoms with E-state index in [1.54, 1.807) is 0 Å². The van der Waals surface area contributed by atoms with Crippen LogP contribution in [0.5, 0.6) is 5.75 Å². The maximum absolute atomic E-state index is 5.83. The van der Waals surface area contributed by atoms with Crippen molar-refractivity contribution in [2.24, 2.45) is 0 Å². The molecule has 0 radical (unpaired) electrons. The highest BCUT2D eigenvalue weighted by molar-refractivity contribution is 14.1. The molecule has 2 rings (SSSR count). The molecule has 0 saturated heterocycles. The molecule has 1 aromatic carbocycles. The number of benzene rings is 1. The van der Waals surface area contributed by atoms with Crippen molar-refractivity contribution in [1.82, 2.24) is 0 Å². The normalized spacial score (nSPS) is 10.3. The number of rotatable bonds is 3. The number of hydrogen-bond acceptors (Lipinski definition) is 2. The summed E-state index contributed by atoms with van der Waals surface area (Å²) in [7, 11) is 0. The van der Waals surface area contributed by atoms with E-state index < -0.39 is 0 Å². The zero-order valence-electron chi connectivity index (χ0n) is 7.74. The molecule has 0 unspecified atom stereocenters. The highest BCUT2D eigenvalue weighted by Gasteiger charge is 1.99. The van der Waals surface area contributed by atoms with E-state index in [4.69, 9.17) is 16.3 Å². The molecule has 0 N–H and O–H groups in total. The van der Waals surface area contributed by atoms with Crippen molar-refractivity contribution in [3.05, 3.63) is 49.2 Å². The lowest BCUT2D eigenvalue weighted by atomic mass is 10.3. The zero-order valence-corrected chi connectivity index (χ0v) is 11.5. The molecule has 1 heterocycles. The van der Waals surface area contributed by atoms with Crippen LogP contribution in [0.3, 0.4) is 0 Å². The van der Waals surface area contributed by atoms with Gasteiger partial charge in [-0.3, -0.25) is 0 Å². The predicted molar refractivity (Wildman–Crippen MR) is 72.8 cm³/mol. The van der Waals surface area contributed by atoms with Gasteiger partial charge in [-0.2, -0.15) is 0 Å². The van der Waals surface area contributed by atoms with E-state index in [0.29, 0.717) is 6.61 Å². The van der Waals surface area contributed by atoms with Crippen LogP contribution in [-0.4, -0.2) is 0 Å². The molecule has 0 spiro atoms. The molecule has 1 nitrogen and oxygen atoms in total. The Morgan fingerprint density at radius 3 is 2.87 bits per heavy atom. The van der Waals surface area contributed by atoms with Gasteiger partial charge in [0.1, 0.15) is 12.4 Å². The molecule has 0 amide bonds. The van der Waals surface area contributed by atoms with E-state index in [-0.39, 0.29) is 0 Å². The van der Waals surface area contributed by atoms with Gasteiger partial charge >= 0.3 is 0 Å². The summed E-state index contributed by atoms with van der Waals surface area (Å²) < 4.78 is 7.61. The van der Waals surface area contributed by atoms with Crippen LogP contribution in [0.4, 0.5) is 0 Å². The minimum absolute atomic E-state index is 0.573. The van der Waals surface area contributed by atoms with E-state index in [1.807, 2.05) is 35.7 Å². The monoisotopic (exact) mass is 350 g/mol. The Hall–Kier alpha value is -0.260. The molecule has 2 aromatic rings. The summed E-state index contributed by atoms with van der Waals surface area (Å²) in [6.07, 6.45) is 0. The molecule has 0 atom stereocenters. The smallest absolute Gasteiger partial charge is 0.120 e. The molecule has 1 aromatic heterocycles. The van der Waals surface area contributed by atoms with E-state index in [2.05, 4.69) is 22.6 Å². The number of ether oxygens (including phenoxy) is 1. The average molecular weight is 351 g/mol. The Morgan fingerprint density at radius 2 is 2.20 bits per heavy atom. The summed E-state index contributed by atoms with van der Waals surface area (Å²) in [5.74, 6) is 0.893. The lowest BCUT2D eigenvalue weighted by Gasteiger charge is -2.04. The van der Waals surface area contributed by atoms with Crippen LogP contribution >= 0.6 is 45.5 Å². The van der Waals surface area contributed by atoms with E-state index in [0.717, 1.165) is 15.6 Å². The largest absolute Gasteiger partial charge is 0.489 e. The van der Waals surface area contributed by atoms with Crippen LogP contribution in [-0.2, 0) is 6.61 Å². The summed E-state index contributed by atoms with van der Waals surface area (Å²) >= 11 is 9.62. The average Bonchev–Trinajstić information content (AvgIpc) is 2.62. The molecule has 4 heteroatoms. The van der Waals surface area contributed by atoms with Crippen LogP contribution in [0, 0.1) is 3.57 Å². The van der Waals surface area contributed by atoms with Crippen molar-refractivity contribution in [3.8, 4) is 5.75 Å². The molecule has 15 heavy (non-hydrogen) atoms. The minimum atomic E-state index is 0.573. The van der Waals surface area contributed by atoms with Gasteiger partial charge in [-0.15, -0.1) is 11.3 Å². The first kappa shape index (κ1) is 11.2. The minimum Gasteiger partial charge on any atom is -0.489 e. The lowest BCUT2D eigenvalue weighted by molar-refractivity contribution is 0.306. The summed E-state index contributed by atoms with van der Waals surface area (Å²) in [6, 6.07) is 9.91. The van der Waals surface area contributed by atoms with E-state index in [9.17, 15) is 0 Å². The maximum atomic E-state index is 5.83. The van der Waals surface area contributed by atoms with Gasteiger partial charge in [0.2, 0.25) is 0 Å². The Balaban J connectivity index is 1.99. The highest BCUT2D eigenvalue weighted by Crippen LogP contribution is 2.22. The fourth-order valence-electron chi connectivity index (χ4n) is 1.14. The molecule has 0 fully saturated rings. The summed E-state index contributed by atoms with van der Waals surface area (Å²) in [4.78, 5) is 0. The van der Waals surface area contributed by atoms with Crippen molar-refractivity contribution < 1.29 is 4.74 Å². The Morgan fingerprint density at radius 1 is 1.33 bits per heavy atom. The Bertz CT molecular complexity index is 455. The highest BCUT2D eigenvalue weighted by atomic mass is 127. The number of thiophene rings is 1. The third-order valence-electron chi connectivity index (χ3n) is 1.82. The first-order valence-electron chi connectivity index (χ1n) is 4.35. The second-order valence-electron chi connectivity index (χ2n) is 3.01. The van der Waals surface area contributed by atoms with Gasteiger partial charge in [0.15, 0.2) is 0 Å². The second-order valence-corrected chi connectivity index (χ2v) is 5.79. The summed E-state index contributed by atoms with van der Waals surface area (Å²) in [5.41, 5.74) is 1.11. The SMILES string of the molecule is Clc1cc(COc2cccc(I)c2)cs1. The molecule has 0 bridgehead atoms. The zero-order chi connectivity index (χ0) is 10.7. The van der Waals surface area contributed by atoms with Crippen molar-refractivity contribution in [2.45, 2.75) is 6.61 Å². The first-order valence-corrected chi connectivity index (χ1v) is 6.69. The van der Waals surface area contributed by atoms with Gasteiger partial charge in [-0.25, -0.2) is 0 Å². The van der Waals surface area contributed by atoms with Crippen molar-refractivity contribution in [1.29, 1.82) is 0 Å². The van der Waals surface area contributed by atoms with Crippen LogP contribution in [0.1, 0.15) is 5.56 Å². The van der Waals surface area contributed by atoms with Crippen LogP contribution in [0.2, 0.25) is 4.34 Å². The van der Waals surface area contributed by atoms with Crippen molar-refractivity contribution >= 4 is 45.5 Å². The van der Waals surface area contributed by atoms with Gasteiger partial charge in [0.25, 0.3) is 0 Å². The third kappa shape index (κ3) is 3.36. The summed E-state index contributed by atoms with van der Waals surface area (Å²) in [5, 5.41) is 2.01. The van der Waals surface area contributed by atoms with Crippen LogP contribution in [0.15, 0.2) is 35.7 Å². The van der Waals surface area contributed by atoms with Crippen molar-refractivity contribution in [3.63, 3.8) is 0 Å². The fourth-order valence-corrected chi connectivity index (χ4v) is 2.55. The topological polar surface area (TPSA) is 9.23 Å². The van der Waals surface area contributed by atoms with E-state index >= 15 is 0 Å². The van der Waals surface area contributed by atoms with Gasteiger partial charge < -0.3 is 4.74 Å². The molecular weight excluding hydrogens is 343 g/mol. The first-order chi connectivity index (χ1) is 7.24. The molecule has 78 valence electrons. The van der Waals surface area contributed by atoms with Gasteiger partial charge in [0.05, 0.1) is 4.34 Å². The Labute approximate surface area is 111 Å². The number of halogens is 2. The quantitative estimate of drug-likeness (QED) is 0.736. The molecular formula is C11H8ClIOS. The fraction of sp³-hybridized carbons (Fsp3) is 0.0909. The maximum Gasteiger partial charge on any atom is 0.120 e. The lowest BCUT2D eigenvalue weighted by Crippen LogP contribution is -1.93. The van der Waals surface area contributed by atoms with Gasteiger partial charge in [0, 0.05) is 9.13 Å². The van der Waals surface area contributed by atoms with Gasteiger partial charge in [-0.05, 0) is 52.2 Å². The van der Waals surface area contributed by atoms with Crippen molar-refractivity contribution in [2.75, 3.05) is 0 Å². The van der Waals surface area contributed by atoms with E-state index in [1.165, 1.54) is 14.9 Å². The molecule has 0 aliphatic rings. The number of hydrogen-bond donors (Lipinski definition) is 0.